The summed E-state index contributed by atoms with van der Waals surface area (Å²) in [7, 11) is 0. The normalized spacial score (nSPS) is 23.4. The van der Waals surface area contributed by atoms with Crippen LogP contribution >= 0.6 is 0 Å². The second-order valence-corrected chi connectivity index (χ2v) is 8.37. The van der Waals surface area contributed by atoms with E-state index in [1.807, 2.05) is 0 Å². The maximum Gasteiger partial charge on any atom is 0.00965 e. The minimum Gasteiger partial charge on any atom is -0.312 e. The summed E-state index contributed by atoms with van der Waals surface area (Å²) in [6.45, 7) is 19.0. The van der Waals surface area contributed by atoms with E-state index in [9.17, 15) is 0 Å². The first-order chi connectivity index (χ1) is 8.68. The van der Waals surface area contributed by atoms with E-state index in [0.717, 1.165) is 12.5 Å². The Hall–Kier alpha value is -0.0800. The SMILES string of the molecule is CC(C)(C)NCCCN1CCCC(C(C)(C)C)CC1. The smallest absolute Gasteiger partial charge is 0.00965 e. The summed E-state index contributed by atoms with van der Waals surface area (Å²) < 4.78 is 0. The van der Waals surface area contributed by atoms with Gasteiger partial charge in [-0.2, -0.15) is 0 Å². The Morgan fingerprint density at radius 1 is 1.00 bits per heavy atom. The van der Waals surface area contributed by atoms with E-state index < -0.39 is 0 Å². The van der Waals surface area contributed by atoms with Crippen molar-refractivity contribution in [2.45, 2.75) is 72.8 Å². The van der Waals surface area contributed by atoms with E-state index in [1.54, 1.807) is 0 Å². The molecule has 19 heavy (non-hydrogen) atoms. The molecule has 1 heterocycles. The number of hydrogen-bond acceptors (Lipinski definition) is 2. The first kappa shape index (κ1) is 17.0. The number of hydrogen-bond donors (Lipinski definition) is 1. The van der Waals surface area contributed by atoms with Crippen molar-refractivity contribution < 1.29 is 0 Å². The van der Waals surface area contributed by atoms with Crippen molar-refractivity contribution in [1.82, 2.24) is 10.2 Å². The third-order valence-electron chi connectivity index (χ3n) is 4.35. The molecule has 0 aromatic carbocycles. The number of nitrogens with zero attached hydrogens (tertiary/aromatic N) is 1. The molecular weight excluding hydrogens is 232 g/mol. The van der Waals surface area contributed by atoms with Crippen molar-refractivity contribution in [2.24, 2.45) is 11.3 Å². The van der Waals surface area contributed by atoms with Crippen LogP contribution in [0.15, 0.2) is 0 Å². The lowest BCUT2D eigenvalue weighted by molar-refractivity contribution is 0.207. The molecule has 0 amide bonds. The Bertz CT molecular complexity index is 247. The van der Waals surface area contributed by atoms with Crippen LogP contribution in [0, 0.1) is 11.3 Å². The largest absolute Gasteiger partial charge is 0.312 e. The van der Waals surface area contributed by atoms with E-state index in [-0.39, 0.29) is 5.54 Å². The van der Waals surface area contributed by atoms with E-state index in [4.69, 9.17) is 0 Å². The molecule has 1 unspecified atom stereocenters. The fourth-order valence-corrected chi connectivity index (χ4v) is 3.01. The molecule has 1 aliphatic rings. The van der Waals surface area contributed by atoms with Gasteiger partial charge in [0.25, 0.3) is 0 Å². The Morgan fingerprint density at radius 2 is 1.68 bits per heavy atom. The first-order valence-electron chi connectivity index (χ1n) is 8.16. The van der Waals surface area contributed by atoms with Gasteiger partial charge in [-0.1, -0.05) is 20.8 Å². The molecule has 2 heteroatoms. The molecule has 0 spiro atoms. The van der Waals surface area contributed by atoms with Crippen LogP contribution in [-0.4, -0.2) is 36.6 Å². The minimum atomic E-state index is 0.260. The molecule has 2 nitrogen and oxygen atoms in total. The molecule has 0 saturated carbocycles. The molecule has 0 aromatic heterocycles. The van der Waals surface area contributed by atoms with E-state index in [1.165, 1.54) is 45.3 Å². The van der Waals surface area contributed by atoms with Crippen molar-refractivity contribution in [3.8, 4) is 0 Å². The fourth-order valence-electron chi connectivity index (χ4n) is 3.01. The third-order valence-corrected chi connectivity index (χ3v) is 4.35. The molecule has 0 radical (unpaired) electrons. The van der Waals surface area contributed by atoms with Gasteiger partial charge in [0.2, 0.25) is 0 Å². The summed E-state index contributed by atoms with van der Waals surface area (Å²) in [5.41, 5.74) is 0.750. The molecule has 1 fully saturated rings. The zero-order chi connectivity index (χ0) is 14.5. The summed E-state index contributed by atoms with van der Waals surface area (Å²) in [6, 6.07) is 0. The summed E-state index contributed by atoms with van der Waals surface area (Å²) in [6.07, 6.45) is 5.46. The lowest BCUT2D eigenvalue weighted by Crippen LogP contribution is -2.38. The molecule has 0 aliphatic carbocycles. The maximum absolute atomic E-state index is 3.58. The number of rotatable bonds is 4. The van der Waals surface area contributed by atoms with Crippen LogP contribution in [0.5, 0.6) is 0 Å². The summed E-state index contributed by atoms with van der Waals surface area (Å²) in [5, 5.41) is 3.58. The highest BCUT2D eigenvalue weighted by molar-refractivity contribution is 4.79. The molecule has 0 aromatic rings. The lowest BCUT2D eigenvalue weighted by atomic mass is 9.77. The molecule has 1 N–H and O–H groups in total. The van der Waals surface area contributed by atoms with Crippen LogP contribution in [0.25, 0.3) is 0 Å². The highest BCUT2D eigenvalue weighted by Crippen LogP contribution is 2.34. The maximum atomic E-state index is 3.58. The predicted molar refractivity (Wildman–Crippen MR) is 85.6 cm³/mol. The summed E-state index contributed by atoms with van der Waals surface area (Å²) >= 11 is 0. The molecule has 1 rings (SSSR count). The van der Waals surface area contributed by atoms with Gasteiger partial charge < -0.3 is 10.2 Å². The van der Waals surface area contributed by atoms with E-state index >= 15 is 0 Å². The van der Waals surface area contributed by atoms with Gasteiger partial charge in [0, 0.05) is 5.54 Å². The van der Waals surface area contributed by atoms with Crippen molar-refractivity contribution in [1.29, 1.82) is 0 Å². The van der Waals surface area contributed by atoms with Crippen molar-refractivity contribution in [3.63, 3.8) is 0 Å². The second kappa shape index (κ2) is 7.08. The molecule has 0 bridgehead atoms. The van der Waals surface area contributed by atoms with Crippen LogP contribution in [0.3, 0.4) is 0 Å². The van der Waals surface area contributed by atoms with Crippen molar-refractivity contribution in [3.05, 3.63) is 0 Å². The van der Waals surface area contributed by atoms with Gasteiger partial charge in [0.1, 0.15) is 0 Å². The van der Waals surface area contributed by atoms with Crippen molar-refractivity contribution >= 4 is 0 Å². The Morgan fingerprint density at radius 3 is 2.26 bits per heavy atom. The average molecular weight is 268 g/mol. The van der Waals surface area contributed by atoms with E-state index in [2.05, 4.69) is 51.8 Å². The monoisotopic (exact) mass is 268 g/mol. The molecule has 1 saturated heterocycles. The highest BCUT2D eigenvalue weighted by atomic mass is 15.1. The van der Waals surface area contributed by atoms with Gasteiger partial charge in [-0.05, 0) is 84.0 Å². The van der Waals surface area contributed by atoms with Gasteiger partial charge in [-0.3, -0.25) is 0 Å². The first-order valence-corrected chi connectivity index (χ1v) is 8.16. The van der Waals surface area contributed by atoms with Crippen LogP contribution < -0.4 is 5.32 Å². The van der Waals surface area contributed by atoms with Gasteiger partial charge in [-0.25, -0.2) is 0 Å². The molecule has 1 aliphatic heterocycles. The Balaban J connectivity index is 2.23. The van der Waals surface area contributed by atoms with Crippen LogP contribution in [0.1, 0.15) is 67.2 Å². The lowest BCUT2D eigenvalue weighted by Gasteiger charge is -2.30. The highest BCUT2D eigenvalue weighted by Gasteiger charge is 2.26. The summed E-state index contributed by atoms with van der Waals surface area (Å²) in [4.78, 5) is 2.68. The Labute approximate surface area is 121 Å². The number of nitrogens with one attached hydrogen (secondary N) is 1. The zero-order valence-corrected chi connectivity index (χ0v) is 14.2. The summed E-state index contributed by atoms with van der Waals surface area (Å²) in [5.74, 6) is 0.908. The molecule has 1 atom stereocenters. The van der Waals surface area contributed by atoms with E-state index in [0.29, 0.717) is 5.41 Å². The Kier molecular flexibility index (Phi) is 6.32. The van der Waals surface area contributed by atoms with Gasteiger partial charge in [0.15, 0.2) is 0 Å². The quantitative estimate of drug-likeness (QED) is 0.778. The topological polar surface area (TPSA) is 15.3 Å². The fraction of sp³-hybridized carbons (Fsp3) is 1.00. The third kappa shape index (κ3) is 7.31. The van der Waals surface area contributed by atoms with Crippen LogP contribution in [0.4, 0.5) is 0 Å². The van der Waals surface area contributed by atoms with Crippen LogP contribution in [-0.2, 0) is 0 Å². The molecule has 114 valence electrons. The van der Waals surface area contributed by atoms with Gasteiger partial charge in [0.05, 0.1) is 0 Å². The van der Waals surface area contributed by atoms with Gasteiger partial charge in [-0.15, -0.1) is 0 Å². The predicted octanol–water partition coefficient (Wildman–Crippen LogP) is 3.91. The molecular formula is C17H36N2. The number of likely N-dealkylation sites (tertiary alicyclic amines) is 1. The van der Waals surface area contributed by atoms with Gasteiger partial charge >= 0.3 is 0 Å². The van der Waals surface area contributed by atoms with Crippen LogP contribution in [0.2, 0.25) is 0 Å². The standard InChI is InChI=1S/C17H36N2/c1-16(2,3)15-9-7-12-19(14-10-15)13-8-11-18-17(4,5)6/h15,18H,7-14H2,1-6H3. The van der Waals surface area contributed by atoms with Crippen molar-refractivity contribution in [2.75, 3.05) is 26.2 Å². The minimum absolute atomic E-state index is 0.260. The average Bonchev–Trinajstić information content (AvgIpc) is 2.47. The zero-order valence-electron chi connectivity index (χ0n) is 14.2. The second-order valence-electron chi connectivity index (χ2n) is 8.37.